The van der Waals surface area contributed by atoms with Crippen LogP contribution in [0.3, 0.4) is 0 Å². The van der Waals surface area contributed by atoms with E-state index in [1.165, 1.54) is 76.6 Å². The van der Waals surface area contributed by atoms with Crippen LogP contribution in [0.1, 0.15) is 83.1 Å². The minimum atomic E-state index is -0.00345. The zero-order valence-corrected chi connectivity index (χ0v) is 24.4. The van der Waals surface area contributed by atoms with Gasteiger partial charge in [0.25, 0.3) is 0 Å². The van der Waals surface area contributed by atoms with Crippen molar-refractivity contribution in [2.24, 2.45) is 0 Å². The van der Waals surface area contributed by atoms with Crippen molar-refractivity contribution in [3.63, 3.8) is 0 Å². The van der Waals surface area contributed by atoms with Gasteiger partial charge in [-0.2, -0.15) is 0 Å². The molecule has 0 saturated carbocycles. The average molecular weight is 613 g/mol. The van der Waals surface area contributed by atoms with Crippen LogP contribution in [0.2, 0.25) is 0 Å². The summed E-state index contributed by atoms with van der Waals surface area (Å²) >= 11 is 2.46. The number of piperidine rings is 1. The zero-order valence-electron chi connectivity index (χ0n) is 22.2. The number of halogens is 1. The first kappa shape index (κ1) is 28.0. The van der Waals surface area contributed by atoms with Gasteiger partial charge in [0.2, 0.25) is 11.9 Å². The van der Waals surface area contributed by atoms with Crippen LogP contribution in [-0.4, -0.2) is 88.0 Å². The normalized spacial score (nSPS) is 23.5. The Bertz CT molecular complexity index is 788. The lowest BCUT2D eigenvalue weighted by Crippen LogP contribution is -2.51. The Labute approximate surface area is 231 Å². The van der Waals surface area contributed by atoms with E-state index in [2.05, 4.69) is 53.5 Å². The Hall–Kier alpha value is -1.04. The third kappa shape index (κ3) is 8.23. The van der Waals surface area contributed by atoms with Crippen LogP contribution in [0.4, 0.5) is 5.95 Å². The van der Waals surface area contributed by atoms with Gasteiger partial charge in [-0.25, -0.2) is 13.1 Å². The molecule has 3 fully saturated rings. The van der Waals surface area contributed by atoms with Crippen molar-refractivity contribution in [1.29, 1.82) is 0 Å². The average Bonchev–Trinajstić information content (AvgIpc) is 3.15. The SMILES string of the molecule is CC(C)OCC(=O)NCCCCCCCN1CCC(c2cnc(N3C4CCC3CN(I)C4)nc2)CC1. The fraction of sp³-hybridized carbons (Fsp3) is 0.815. The van der Waals surface area contributed by atoms with Gasteiger partial charge in [0.1, 0.15) is 6.61 Å². The van der Waals surface area contributed by atoms with Crippen molar-refractivity contribution in [1.82, 2.24) is 23.3 Å². The molecule has 2 bridgehead atoms. The Morgan fingerprint density at radius 2 is 1.67 bits per heavy atom. The highest BCUT2D eigenvalue weighted by Gasteiger charge is 2.40. The maximum Gasteiger partial charge on any atom is 0.246 e. The number of ether oxygens (including phenoxy) is 1. The smallest absolute Gasteiger partial charge is 0.246 e. The van der Waals surface area contributed by atoms with E-state index < -0.39 is 0 Å². The molecule has 36 heavy (non-hydrogen) atoms. The van der Waals surface area contributed by atoms with Crippen LogP contribution in [0.5, 0.6) is 0 Å². The molecule has 3 saturated heterocycles. The lowest BCUT2D eigenvalue weighted by Gasteiger charge is -2.38. The molecule has 9 heteroatoms. The summed E-state index contributed by atoms with van der Waals surface area (Å²) in [5.41, 5.74) is 1.32. The van der Waals surface area contributed by atoms with Gasteiger partial charge in [-0.05, 0) is 83.5 Å². The molecule has 1 amide bonds. The number of unbranched alkanes of at least 4 members (excludes halogenated alkanes) is 4. The summed E-state index contributed by atoms with van der Waals surface area (Å²) in [5, 5.41) is 2.94. The molecular formula is C27H45IN6O2. The summed E-state index contributed by atoms with van der Waals surface area (Å²) in [6, 6.07) is 1.15. The maximum absolute atomic E-state index is 11.6. The topological polar surface area (TPSA) is 73.8 Å². The number of nitrogens with one attached hydrogen (secondary N) is 1. The van der Waals surface area contributed by atoms with Crippen molar-refractivity contribution < 1.29 is 9.53 Å². The van der Waals surface area contributed by atoms with E-state index in [0.29, 0.717) is 18.0 Å². The molecule has 4 rings (SSSR count). The molecule has 1 aromatic heterocycles. The van der Waals surface area contributed by atoms with Gasteiger partial charge in [0, 0.05) is 67.0 Å². The van der Waals surface area contributed by atoms with Crippen molar-refractivity contribution in [3.8, 4) is 0 Å². The van der Waals surface area contributed by atoms with Gasteiger partial charge < -0.3 is 19.9 Å². The summed E-state index contributed by atoms with van der Waals surface area (Å²) in [7, 11) is 0. The number of likely N-dealkylation sites (tertiary alicyclic amines) is 1. The molecular weight excluding hydrogens is 567 g/mol. The van der Waals surface area contributed by atoms with E-state index >= 15 is 0 Å². The van der Waals surface area contributed by atoms with Gasteiger partial charge in [0.15, 0.2) is 0 Å². The first-order chi connectivity index (χ1) is 17.5. The molecule has 3 aliphatic heterocycles. The monoisotopic (exact) mass is 612 g/mol. The summed E-state index contributed by atoms with van der Waals surface area (Å²) in [6.07, 6.45) is 15.3. The summed E-state index contributed by atoms with van der Waals surface area (Å²) in [5.74, 6) is 1.53. The van der Waals surface area contributed by atoms with Crippen molar-refractivity contribution in [2.45, 2.75) is 95.7 Å². The predicted octanol–water partition coefficient (Wildman–Crippen LogP) is 4.15. The number of aromatic nitrogens is 2. The summed E-state index contributed by atoms with van der Waals surface area (Å²) in [4.78, 5) is 26.4. The molecule has 1 aromatic rings. The van der Waals surface area contributed by atoms with Crippen LogP contribution in [-0.2, 0) is 9.53 Å². The number of fused-ring (bicyclic) bond motifs is 2. The number of piperazine rings is 1. The van der Waals surface area contributed by atoms with E-state index in [4.69, 9.17) is 14.7 Å². The number of carbonyl (C=O) groups excluding carboxylic acids is 1. The number of carbonyl (C=O) groups is 1. The summed E-state index contributed by atoms with van der Waals surface area (Å²) < 4.78 is 7.74. The van der Waals surface area contributed by atoms with E-state index in [1.807, 2.05) is 13.8 Å². The Morgan fingerprint density at radius 3 is 2.33 bits per heavy atom. The third-order valence-electron chi connectivity index (χ3n) is 7.91. The minimum absolute atomic E-state index is 0.00345. The molecule has 3 aliphatic rings. The van der Waals surface area contributed by atoms with Crippen molar-refractivity contribution in [2.75, 3.05) is 50.8 Å². The number of anilines is 1. The standard InChI is InChI=1S/C27H45IN6O2/c1-21(2)36-20-26(35)29-12-6-4-3-5-7-13-32-14-10-22(11-15-32)23-16-30-27(31-17-23)34-24-8-9-25(34)19-33(28)18-24/h16-17,21-22,24-25H,3-15,18-20H2,1-2H3,(H,29,35). The highest BCUT2D eigenvalue weighted by Crippen LogP contribution is 2.35. The Kier molecular flexibility index (Phi) is 11.0. The van der Waals surface area contributed by atoms with Gasteiger partial charge in [-0.1, -0.05) is 19.3 Å². The molecule has 0 aromatic carbocycles. The van der Waals surface area contributed by atoms with Crippen LogP contribution in [0.15, 0.2) is 12.4 Å². The molecule has 0 radical (unpaired) electrons. The molecule has 8 nitrogen and oxygen atoms in total. The lowest BCUT2D eigenvalue weighted by molar-refractivity contribution is -0.127. The van der Waals surface area contributed by atoms with Crippen LogP contribution in [0, 0.1) is 0 Å². The van der Waals surface area contributed by atoms with Crippen LogP contribution >= 0.6 is 22.9 Å². The summed E-state index contributed by atoms with van der Waals surface area (Å²) in [6.45, 7) is 10.6. The number of rotatable bonds is 13. The highest BCUT2D eigenvalue weighted by molar-refractivity contribution is 14.1. The molecule has 1 N–H and O–H groups in total. The third-order valence-corrected chi connectivity index (χ3v) is 8.69. The van der Waals surface area contributed by atoms with E-state index in [1.54, 1.807) is 0 Å². The first-order valence-corrected chi connectivity index (χ1v) is 15.1. The molecule has 4 heterocycles. The van der Waals surface area contributed by atoms with Crippen LogP contribution < -0.4 is 10.2 Å². The fourth-order valence-electron chi connectivity index (χ4n) is 5.86. The van der Waals surface area contributed by atoms with Gasteiger partial charge in [0.05, 0.1) is 6.10 Å². The Balaban J connectivity index is 1.06. The molecule has 2 unspecified atom stereocenters. The second kappa shape index (κ2) is 14.2. The lowest BCUT2D eigenvalue weighted by atomic mass is 9.91. The Morgan fingerprint density at radius 1 is 1.03 bits per heavy atom. The van der Waals surface area contributed by atoms with Crippen LogP contribution in [0.25, 0.3) is 0 Å². The number of amides is 1. The second-order valence-corrected chi connectivity index (χ2v) is 12.4. The quantitative estimate of drug-likeness (QED) is 0.204. The maximum atomic E-state index is 11.6. The predicted molar refractivity (Wildman–Crippen MR) is 153 cm³/mol. The minimum Gasteiger partial charge on any atom is -0.369 e. The van der Waals surface area contributed by atoms with Gasteiger partial charge in [-0.15, -0.1) is 0 Å². The molecule has 0 spiro atoms. The first-order valence-electron chi connectivity index (χ1n) is 14.1. The van der Waals surface area contributed by atoms with Gasteiger partial charge in [-0.3, -0.25) is 4.79 Å². The van der Waals surface area contributed by atoms with Gasteiger partial charge >= 0.3 is 0 Å². The largest absolute Gasteiger partial charge is 0.369 e. The van der Waals surface area contributed by atoms with E-state index in [-0.39, 0.29) is 18.6 Å². The molecule has 202 valence electrons. The fourth-order valence-corrected chi connectivity index (χ4v) is 6.76. The molecule has 0 aliphatic carbocycles. The number of nitrogens with zero attached hydrogens (tertiary/aromatic N) is 5. The highest BCUT2D eigenvalue weighted by atomic mass is 127. The number of hydrogen-bond donors (Lipinski definition) is 1. The van der Waals surface area contributed by atoms with Crippen molar-refractivity contribution in [3.05, 3.63) is 18.0 Å². The van der Waals surface area contributed by atoms with E-state index in [9.17, 15) is 4.79 Å². The molecule has 2 atom stereocenters. The zero-order chi connectivity index (χ0) is 25.3. The van der Waals surface area contributed by atoms with Crippen molar-refractivity contribution >= 4 is 34.7 Å². The second-order valence-electron chi connectivity index (χ2n) is 11.0. The number of hydrogen-bond acceptors (Lipinski definition) is 7. The van der Waals surface area contributed by atoms with E-state index in [0.717, 1.165) is 32.0 Å².